The first kappa shape index (κ1) is 17.3. The Morgan fingerprint density at radius 1 is 0.926 bits per heavy atom. The lowest BCUT2D eigenvalue weighted by Gasteiger charge is -2.46. The molecular weight excluding hydrogens is 341 g/mol. The third-order valence-electron chi connectivity index (χ3n) is 4.95. The molecule has 1 aliphatic rings. The number of ether oxygens (including phenoxy) is 1. The summed E-state index contributed by atoms with van der Waals surface area (Å²) < 4.78 is 19.0. The minimum absolute atomic E-state index is 0.0499. The highest BCUT2D eigenvalue weighted by Gasteiger charge is 2.45. The summed E-state index contributed by atoms with van der Waals surface area (Å²) in [7, 11) is 0. The van der Waals surface area contributed by atoms with Crippen LogP contribution in [0.2, 0.25) is 0 Å². The first-order chi connectivity index (χ1) is 13.1. The molecule has 3 nitrogen and oxygen atoms in total. The lowest BCUT2D eigenvalue weighted by atomic mass is 9.83. The van der Waals surface area contributed by atoms with Crippen molar-refractivity contribution in [2.45, 2.75) is 19.6 Å². The van der Waals surface area contributed by atoms with Crippen molar-refractivity contribution < 1.29 is 13.9 Å². The van der Waals surface area contributed by atoms with E-state index in [1.165, 1.54) is 12.1 Å². The number of hydrogen-bond donors (Lipinski definition) is 0. The minimum atomic E-state index is -0.309. The Morgan fingerprint density at radius 2 is 1.59 bits per heavy atom. The lowest BCUT2D eigenvalue weighted by molar-refractivity contribution is -0.129. The van der Waals surface area contributed by atoms with Crippen LogP contribution in [-0.2, 0) is 11.4 Å². The van der Waals surface area contributed by atoms with Crippen LogP contribution in [0.1, 0.15) is 24.1 Å². The first-order valence-electron chi connectivity index (χ1n) is 8.99. The SMILES string of the molecule is C[C@H]1C(=O)N(c2ccc(F)cc2)[C@@H]1c1ccc(OCc2ccccc2)cc1. The van der Waals surface area contributed by atoms with Crippen LogP contribution < -0.4 is 9.64 Å². The summed E-state index contributed by atoms with van der Waals surface area (Å²) in [5, 5.41) is 0. The highest BCUT2D eigenvalue weighted by Crippen LogP contribution is 2.43. The van der Waals surface area contributed by atoms with E-state index in [0.29, 0.717) is 12.3 Å². The molecule has 1 aliphatic heterocycles. The summed E-state index contributed by atoms with van der Waals surface area (Å²) in [5.74, 6) is 0.424. The number of anilines is 1. The molecule has 1 heterocycles. The molecule has 4 rings (SSSR count). The third kappa shape index (κ3) is 3.43. The van der Waals surface area contributed by atoms with E-state index in [1.807, 2.05) is 61.5 Å². The molecule has 0 spiro atoms. The Hall–Kier alpha value is -3.14. The molecule has 0 unspecified atom stereocenters. The average Bonchev–Trinajstić information content (AvgIpc) is 2.72. The molecule has 1 amide bonds. The molecule has 2 atom stereocenters. The fourth-order valence-corrected chi connectivity index (χ4v) is 3.46. The van der Waals surface area contributed by atoms with E-state index < -0.39 is 0 Å². The van der Waals surface area contributed by atoms with Crippen molar-refractivity contribution in [3.63, 3.8) is 0 Å². The number of β-lactam (4-membered cyclic amide) rings is 1. The zero-order valence-electron chi connectivity index (χ0n) is 15.0. The second kappa shape index (κ2) is 7.23. The standard InChI is InChI=1S/C23H20FNO2/c1-16-22(25(23(16)26)20-11-9-19(24)10-12-20)18-7-13-21(14-8-18)27-15-17-5-3-2-4-6-17/h2-14,16,22H,15H2,1H3/t16-,22+/m1/s1. The topological polar surface area (TPSA) is 29.5 Å². The predicted molar refractivity (Wildman–Crippen MR) is 103 cm³/mol. The van der Waals surface area contributed by atoms with Crippen molar-refractivity contribution >= 4 is 11.6 Å². The van der Waals surface area contributed by atoms with Gasteiger partial charge in [-0.1, -0.05) is 49.4 Å². The van der Waals surface area contributed by atoms with Crippen LogP contribution in [0, 0.1) is 11.7 Å². The fraction of sp³-hybridized carbons (Fsp3) is 0.174. The van der Waals surface area contributed by atoms with Crippen molar-refractivity contribution in [1.29, 1.82) is 0 Å². The van der Waals surface area contributed by atoms with Crippen molar-refractivity contribution in [3.05, 3.63) is 95.8 Å². The maximum atomic E-state index is 13.2. The fourth-order valence-electron chi connectivity index (χ4n) is 3.46. The van der Waals surface area contributed by atoms with E-state index in [4.69, 9.17) is 4.74 Å². The van der Waals surface area contributed by atoms with Crippen LogP contribution in [0.3, 0.4) is 0 Å². The van der Waals surface area contributed by atoms with Gasteiger partial charge in [-0.05, 0) is 47.5 Å². The molecule has 0 N–H and O–H groups in total. The van der Waals surface area contributed by atoms with Crippen LogP contribution in [0.4, 0.5) is 10.1 Å². The molecule has 136 valence electrons. The smallest absolute Gasteiger partial charge is 0.232 e. The van der Waals surface area contributed by atoms with Gasteiger partial charge >= 0.3 is 0 Å². The molecule has 3 aromatic rings. The van der Waals surface area contributed by atoms with E-state index in [0.717, 1.165) is 16.9 Å². The Balaban J connectivity index is 1.48. The number of hydrogen-bond acceptors (Lipinski definition) is 2. The third-order valence-corrected chi connectivity index (χ3v) is 4.95. The van der Waals surface area contributed by atoms with Gasteiger partial charge in [0.1, 0.15) is 18.2 Å². The second-order valence-corrected chi connectivity index (χ2v) is 6.76. The van der Waals surface area contributed by atoms with Crippen molar-refractivity contribution in [2.24, 2.45) is 5.92 Å². The Bertz CT molecular complexity index is 923. The van der Waals surface area contributed by atoms with Gasteiger partial charge in [-0.3, -0.25) is 4.79 Å². The molecule has 1 fully saturated rings. The van der Waals surface area contributed by atoms with E-state index >= 15 is 0 Å². The maximum absolute atomic E-state index is 13.2. The van der Waals surface area contributed by atoms with Crippen LogP contribution in [-0.4, -0.2) is 5.91 Å². The predicted octanol–water partition coefficient (Wildman–Crippen LogP) is 5.13. The van der Waals surface area contributed by atoms with Crippen LogP contribution >= 0.6 is 0 Å². The first-order valence-corrected chi connectivity index (χ1v) is 8.99. The molecule has 0 aromatic heterocycles. The largest absolute Gasteiger partial charge is 0.489 e. The van der Waals surface area contributed by atoms with Crippen LogP contribution in [0.15, 0.2) is 78.9 Å². The van der Waals surface area contributed by atoms with Gasteiger partial charge in [-0.15, -0.1) is 0 Å². The Kier molecular flexibility index (Phi) is 4.63. The normalized spacial score (nSPS) is 18.9. The summed E-state index contributed by atoms with van der Waals surface area (Å²) >= 11 is 0. The number of amides is 1. The molecule has 0 bridgehead atoms. The van der Waals surface area contributed by atoms with Crippen LogP contribution in [0.5, 0.6) is 5.75 Å². The zero-order valence-corrected chi connectivity index (χ0v) is 15.0. The lowest BCUT2D eigenvalue weighted by Crippen LogP contribution is -2.54. The van der Waals surface area contributed by atoms with Crippen molar-refractivity contribution in [1.82, 2.24) is 0 Å². The molecule has 27 heavy (non-hydrogen) atoms. The molecule has 3 aromatic carbocycles. The van der Waals surface area contributed by atoms with E-state index in [9.17, 15) is 9.18 Å². The molecular formula is C23H20FNO2. The van der Waals surface area contributed by atoms with E-state index in [2.05, 4.69) is 0 Å². The monoisotopic (exact) mass is 361 g/mol. The van der Waals surface area contributed by atoms with Gasteiger partial charge in [0, 0.05) is 5.69 Å². The Morgan fingerprint density at radius 3 is 2.26 bits per heavy atom. The van der Waals surface area contributed by atoms with E-state index in [-0.39, 0.29) is 23.7 Å². The van der Waals surface area contributed by atoms with Gasteiger partial charge in [0.05, 0.1) is 12.0 Å². The molecule has 0 saturated carbocycles. The van der Waals surface area contributed by atoms with Crippen LogP contribution in [0.25, 0.3) is 0 Å². The number of rotatable bonds is 5. The summed E-state index contributed by atoms with van der Waals surface area (Å²) in [6.07, 6.45) is 0. The highest BCUT2D eigenvalue weighted by molar-refractivity contribution is 6.02. The molecule has 0 radical (unpaired) electrons. The van der Waals surface area contributed by atoms with Crippen molar-refractivity contribution in [3.8, 4) is 5.75 Å². The average molecular weight is 361 g/mol. The summed E-state index contributed by atoms with van der Waals surface area (Å²) in [6, 6.07) is 23.8. The van der Waals surface area contributed by atoms with Gasteiger partial charge in [-0.2, -0.15) is 0 Å². The van der Waals surface area contributed by atoms with Gasteiger partial charge in [0.2, 0.25) is 5.91 Å². The zero-order chi connectivity index (χ0) is 18.8. The molecule has 4 heteroatoms. The van der Waals surface area contributed by atoms with Gasteiger partial charge in [0.15, 0.2) is 0 Å². The summed E-state index contributed by atoms with van der Waals surface area (Å²) in [6.45, 7) is 2.44. The number of carbonyl (C=O) groups excluding carboxylic acids is 1. The number of carbonyl (C=O) groups is 1. The number of halogens is 1. The molecule has 1 saturated heterocycles. The van der Waals surface area contributed by atoms with Crippen molar-refractivity contribution in [2.75, 3.05) is 4.90 Å². The highest BCUT2D eigenvalue weighted by atomic mass is 19.1. The summed E-state index contributed by atoms with van der Waals surface area (Å²) in [4.78, 5) is 14.1. The quantitative estimate of drug-likeness (QED) is 0.590. The second-order valence-electron chi connectivity index (χ2n) is 6.76. The number of benzene rings is 3. The minimum Gasteiger partial charge on any atom is -0.489 e. The Labute approximate surface area is 158 Å². The van der Waals surface area contributed by atoms with Gasteiger partial charge < -0.3 is 9.64 Å². The molecule has 0 aliphatic carbocycles. The van der Waals surface area contributed by atoms with Gasteiger partial charge in [0.25, 0.3) is 0 Å². The van der Waals surface area contributed by atoms with E-state index in [1.54, 1.807) is 17.0 Å². The van der Waals surface area contributed by atoms with Gasteiger partial charge in [-0.25, -0.2) is 4.39 Å². The number of nitrogens with zero attached hydrogens (tertiary/aromatic N) is 1. The summed E-state index contributed by atoms with van der Waals surface area (Å²) in [5.41, 5.74) is 2.87. The maximum Gasteiger partial charge on any atom is 0.232 e.